The number of ether oxygens (including phenoxy) is 1. The van der Waals surface area contributed by atoms with Crippen LogP contribution in [0.3, 0.4) is 0 Å². The van der Waals surface area contributed by atoms with Crippen molar-refractivity contribution in [2.24, 2.45) is 0 Å². The van der Waals surface area contributed by atoms with E-state index in [-0.39, 0.29) is 23.4 Å². The fourth-order valence-corrected chi connectivity index (χ4v) is 4.41. The van der Waals surface area contributed by atoms with Gasteiger partial charge < -0.3 is 14.3 Å². The van der Waals surface area contributed by atoms with Crippen molar-refractivity contribution in [2.45, 2.75) is 39.5 Å². The number of phenolic OH excluding ortho intramolecular Hbond substituents is 1. The van der Waals surface area contributed by atoms with Crippen molar-refractivity contribution < 1.29 is 14.3 Å². The molecule has 5 nitrogen and oxygen atoms in total. The summed E-state index contributed by atoms with van der Waals surface area (Å²) in [5, 5.41) is 11.5. The molecule has 0 radical (unpaired) electrons. The largest absolute Gasteiger partial charge is 0.507 e. The zero-order chi connectivity index (χ0) is 20.7. The molecule has 0 amide bonds. The molecule has 152 valence electrons. The Kier molecular flexibility index (Phi) is 5.38. The van der Waals surface area contributed by atoms with E-state index in [0.717, 1.165) is 13.1 Å². The number of benzene rings is 2. The van der Waals surface area contributed by atoms with Gasteiger partial charge in [0.05, 0.1) is 28.7 Å². The smallest absolute Gasteiger partial charge is 0.200 e. The van der Waals surface area contributed by atoms with Crippen LogP contribution >= 0.6 is 11.6 Å². The van der Waals surface area contributed by atoms with E-state index in [0.29, 0.717) is 45.0 Å². The van der Waals surface area contributed by atoms with Crippen LogP contribution in [0, 0.1) is 6.92 Å². The molecule has 6 heteroatoms. The Hall–Kier alpha value is -2.34. The predicted molar refractivity (Wildman–Crippen MR) is 115 cm³/mol. The standard InChI is InChI=1S/C23H24ClNO4/c1-13-10-25(11-14(2)28-13)12-18-20(26)9-8-17-22(27)21(15(3)29-23(17)18)16-6-4-5-7-19(16)24/h4-9,13-14,26H,10-12H2,1-3H3/t13-,14+. The number of phenols is 1. The summed E-state index contributed by atoms with van der Waals surface area (Å²) in [7, 11) is 0. The lowest BCUT2D eigenvalue weighted by molar-refractivity contribution is -0.0705. The highest BCUT2D eigenvalue weighted by Gasteiger charge is 2.25. The molecule has 1 fully saturated rings. The number of fused-ring (bicyclic) bond motifs is 1. The molecule has 1 aliphatic rings. The second-order valence-corrected chi connectivity index (χ2v) is 8.14. The Labute approximate surface area is 174 Å². The van der Waals surface area contributed by atoms with E-state index < -0.39 is 0 Å². The highest BCUT2D eigenvalue weighted by atomic mass is 35.5. The van der Waals surface area contributed by atoms with Crippen LogP contribution in [-0.2, 0) is 11.3 Å². The van der Waals surface area contributed by atoms with Crippen LogP contribution in [0.1, 0.15) is 25.2 Å². The summed E-state index contributed by atoms with van der Waals surface area (Å²) in [6.45, 7) is 7.81. The first-order valence-corrected chi connectivity index (χ1v) is 10.1. The third kappa shape index (κ3) is 3.78. The first-order valence-electron chi connectivity index (χ1n) is 9.76. The molecule has 0 bridgehead atoms. The molecule has 0 aliphatic carbocycles. The molecule has 3 aromatic rings. The van der Waals surface area contributed by atoms with Crippen LogP contribution in [0.25, 0.3) is 22.1 Å². The quantitative estimate of drug-likeness (QED) is 0.672. The van der Waals surface area contributed by atoms with Gasteiger partial charge in [-0.15, -0.1) is 0 Å². The van der Waals surface area contributed by atoms with Crippen molar-refractivity contribution >= 4 is 22.6 Å². The van der Waals surface area contributed by atoms with E-state index in [1.54, 1.807) is 25.1 Å². The fourth-order valence-electron chi connectivity index (χ4n) is 4.18. The molecular formula is C23H24ClNO4. The Morgan fingerprint density at radius 1 is 1.14 bits per heavy atom. The monoisotopic (exact) mass is 413 g/mol. The molecule has 1 aromatic heterocycles. The number of hydrogen-bond donors (Lipinski definition) is 1. The zero-order valence-electron chi connectivity index (χ0n) is 16.7. The summed E-state index contributed by atoms with van der Waals surface area (Å²) in [5.41, 5.74) is 1.99. The van der Waals surface area contributed by atoms with Crippen molar-refractivity contribution in [3.05, 3.63) is 63.0 Å². The van der Waals surface area contributed by atoms with Crippen molar-refractivity contribution in [3.8, 4) is 16.9 Å². The highest BCUT2D eigenvalue weighted by molar-refractivity contribution is 6.33. The molecule has 0 saturated carbocycles. The normalized spacial score (nSPS) is 20.3. The molecular weight excluding hydrogens is 390 g/mol. The molecule has 2 heterocycles. The van der Waals surface area contributed by atoms with Crippen LogP contribution < -0.4 is 5.43 Å². The van der Waals surface area contributed by atoms with Crippen LogP contribution in [-0.4, -0.2) is 35.3 Å². The number of morpholine rings is 1. The van der Waals surface area contributed by atoms with Gasteiger partial charge in [-0.05, 0) is 39.0 Å². The maximum atomic E-state index is 13.3. The van der Waals surface area contributed by atoms with Gasteiger partial charge in [0, 0.05) is 30.2 Å². The highest BCUT2D eigenvalue weighted by Crippen LogP contribution is 2.33. The minimum absolute atomic E-state index is 0.108. The maximum Gasteiger partial charge on any atom is 0.200 e. The molecule has 2 atom stereocenters. The van der Waals surface area contributed by atoms with Gasteiger partial charge in [0.15, 0.2) is 0 Å². The second-order valence-electron chi connectivity index (χ2n) is 7.73. The molecule has 1 aliphatic heterocycles. The molecule has 0 unspecified atom stereocenters. The van der Waals surface area contributed by atoms with Gasteiger partial charge >= 0.3 is 0 Å². The number of nitrogens with zero attached hydrogens (tertiary/aromatic N) is 1. The van der Waals surface area contributed by atoms with E-state index in [2.05, 4.69) is 4.90 Å². The van der Waals surface area contributed by atoms with Crippen LogP contribution in [0.2, 0.25) is 5.02 Å². The SMILES string of the molecule is Cc1oc2c(CN3C[C@@H](C)O[C@@H](C)C3)c(O)ccc2c(=O)c1-c1ccccc1Cl. The lowest BCUT2D eigenvalue weighted by atomic mass is 10.0. The second kappa shape index (κ2) is 7.82. The molecule has 4 rings (SSSR count). The number of aryl methyl sites for hydroxylation is 1. The van der Waals surface area contributed by atoms with Crippen molar-refractivity contribution in [2.75, 3.05) is 13.1 Å². The first kappa shape index (κ1) is 20.0. The van der Waals surface area contributed by atoms with Crippen LogP contribution in [0.5, 0.6) is 5.75 Å². The lowest BCUT2D eigenvalue weighted by Gasteiger charge is -2.35. The third-order valence-corrected chi connectivity index (χ3v) is 5.66. The van der Waals surface area contributed by atoms with Gasteiger partial charge in [0.1, 0.15) is 17.1 Å². The van der Waals surface area contributed by atoms with Crippen molar-refractivity contribution in [1.29, 1.82) is 0 Å². The number of hydrogen-bond acceptors (Lipinski definition) is 5. The van der Waals surface area contributed by atoms with Gasteiger partial charge in [-0.1, -0.05) is 29.8 Å². The van der Waals surface area contributed by atoms with E-state index in [1.807, 2.05) is 32.0 Å². The van der Waals surface area contributed by atoms with Crippen molar-refractivity contribution in [3.63, 3.8) is 0 Å². The molecule has 1 N–H and O–H groups in total. The topological polar surface area (TPSA) is 62.9 Å². The summed E-state index contributed by atoms with van der Waals surface area (Å²) in [6, 6.07) is 10.4. The Balaban J connectivity index is 1.84. The average molecular weight is 414 g/mol. The van der Waals surface area contributed by atoms with E-state index >= 15 is 0 Å². The van der Waals surface area contributed by atoms with Gasteiger partial charge in [-0.25, -0.2) is 0 Å². The summed E-state index contributed by atoms with van der Waals surface area (Å²) in [4.78, 5) is 15.5. The molecule has 1 saturated heterocycles. The van der Waals surface area contributed by atoms with Gasteiger partial charge in [-0.3, -0.25) is 9.69 Å². The summed E-state index contributed by atoms with van der Waals surface area (Å²) in [5.74, 6) is 0.600. The average Bonchev–Trinajstić information content (AvgIpc) is 2.65. The predicted octanol–water partition coefficient (Wildman–Crippen LogP) is 4.74. The van der Waals surface area contributed by atoms with Crippen LogP contribution in [0.4, 0.5) is 0 Å². The minimum atomic E-state index is -0.151. The Morgan fingerprint density at radius 3 is 2.52 bits per heavy atom. The first-order chi connectivity index (χ1) is 13.8. The summed E-state index contributed by atoms with van der Waals surface area (Å²) >= 11 is 6.33. The van der Waals surface area contributed by atoms with E-state index in [4.69, 9.17) is 20.8 Å². The van der Waals surface area contributed by atoms with Gasteiger partial charge in [0.2, 0.25) is 5.43 Å². The Morgan fingerprint density at radius 2 is 1.83 bits per heavy atom. The molecule has 29 heavy (non-hydrogen) atoms. The number of rotatable bonds is 3. The number of aromatic hydroxyl groups is 1. The lowest BCUT2D eigenvalue weighted by Crippen LogP contribution is -2.44. The van der Waals surface area contributed by atoms with Gasteiger partial charge in [-0.2, -0.15) is 0 Å². The fraction of sp³-hybridized carbons (Fsp3) is 0.348. The van der Waals surface area contributed by atoms with Gasteiger partial charge in [0.25, 0.3) is 0 Å². The Bertz CT molecular complexity index is 1110. The number of halogens is 1. The minimum Gasteiger partial charge on any atom is -0.507 e. The molecule has 0 spiro atoms. The van der Waals surface area contributed by atoms with Crippen LogP contribution in [0.15, 0.2) is 45.6 Å². The van der Waals surface area contributed by atoms with E-state index in [1.165, 1.54) is 0 Å². The van der Waals surface area contributed by atoms with Crippen molar-refractivity contribution in [1.82, 2.24) is 4.90 Å². The summed E-state index contributed by atoms with van der Waals surface area (Å²) in [6.07, 6.45) is 0.216. The van der Waals surface area contributed by atoms with E-state index in [9.17, 15) is 9.90 Å². The zero-order valence-corrected chi connectivity index (χ0v) is 17.5. The third-order valence-electron chi connectivity index (χ3n) is 5.33. The molecule has 2 aromatic carbocycles. The summed E-state index contributed by atoms with van der Waals surface area (Å²) < 4.78 is 11.9. The maximum absolute atomic E-state index is 13.3.